The van der Waals surface area contributed by atoms with Gasteiger partial charge in [-0.1, -0.05) is 6.42 Å². The first-order valence-electron chi connectivity index (χ1n) is 3.98. The van der Waals surface area contributed by atoms with Crippen LogP contribution < -0.4 is 51.4 Å². The normalized spacial score (nSPS) is 40.2. The molecule has 0 aromatic heterocycles. The minimum Gasteiger partial charge on any atom is -0.433 e. The Balaban J connectivity index is 0.000000605. The number of hydrogen-bond acceptors (Lipinski definition) is 2. The molecule has 0 aromatic carbocycles. The van der Waals surface area contributed by atoms with E-state index in [1.54, 1.807) is 0 Å². The van der Waals surface area contributed by atoms with Crippen LogP contribution in [0.25, 0.3) is 0 Å². The Kier molecular flexibility index (Phi) is 4.45. The maximum Gasteiger partial charge on any atom is 1.00 e. The molecule has 0 aliphatic heterocycles. The molecule has 11 heavy (non-hydrogen) atoms. The average molecular weight is 210 g/mol. The van der Waals surface area contributed by atoms with E-state index in [1.165, 1.54) is 25.7 Å². The third-order valence-corrected chi connectivity index (χ3v) is 3.65. The molecule has 0 saturated heterocycles. The number of fused-ring (bicyclic) bond motifs is 2. The summed E-state index contributed by atoms with van der Waals surface area (Å²) in [4.78, 5) is 0. The summed E-state index contributed by atoms with van der Waals surface area (Å²) in [5, 5.41) is 0. The van der Waals surface area contributed by atoms with Crippen molar-refractivity contribution in [3.8, 4) is 0 Å². The fourth-order valence-electron chi connectivity index (χ4n) is 2.53. The van der Waals surface area contributed by atoms with Crippen LogP contribution >= 0.6 is 12.2 Å². The number of rotatable bonds is 1. The molecule has 2 aliphatic carbocycles. The average Bonchev–Trinajstić information content (AvgIpc) is 2.44. The van der Waals surface area contributed by atoms with Gasteiger partial charge in [-0.3, -0.25) is 0 Å². The fraction of sp³-hybridized carbons (Fsp3) is 0.875. The van der Waals surface area contributed by atoms with E-state index in [2.05, 4.69) is 0 Å². The first-order chi connectivity index (χ1) is 4.77. The van der Waals surface area contributed by atoms with Gasteiger partial charge in [-0.05, 0) is 37.0 Å². The minimum atomic E-state index is 0. The maximum atomic E-state index is 5.03. The van der Waals surface area contributed by atoms with E-state index in [1.807, 2.05) is 0 Å². The van der Waals surface area contributed by atoms with Crippen LogP contribution in [-0.2, 0) is 12.6 Å². The Bertz CT molecular complexity index is 169. The van der Waals surface area contributed by atoms with Gasteiger partial charge in [0.05, 0.1) is 0 Å². The minimum absolute atomic E-state index is 0. The van der Waals surface area contributed by atoms with Gasteiger partial charge in [0.2, 0.25) is 0 Å². The van der Waals surface area contributed by atoms with Gasteiger partial charge in [0.25, 0.3) is 0 Å². The Morgan fingerprint density at radius 3 is 2.27 bits per heavy atom. The van der Waals surface area contributed by atoms with E-state index in [0.717, 1.165) is 16.0 Å². The van der Waals surface area contributed by atoms with E-state index in [-0.39, 0.29) is 51.4 Å². The third kappa shape index (κ3) is 2.24. The molecule has 0 amide bonds. The van der Waals surface area contributed by atoms with Crippen molar-refractivity contribution in [3.05, 3.63) is 0 Å². The van der Waals surface area contributed by atoms with Gasteiger partial charge < -0.3 is 24.8 Å². The molecule has 0 radical (unpaired) electrons. The third-order valence-electron chi connectivity index (χ3n) is 3.04. The SMILES string of the molecule is S=C([S-])C1CC2CCC1C2.[K+]. The maximum absolute atomic E-state index is 5.03. The molecule has 2 saturated carbocycles. The van der Waals surface area contributed by atoms with Gasteiger partial charge in [-0.2, -0.15) is 0 Å². The topological polar surface area (TPSA) is 0 Å². The van der Waals surface area contributed by atoms with Gasteiger partial charge >= 0.3 is 51.4 Å². The summed E-state index contributed by atoms with van der Waals surface area (Å²) in [6.07, 6.45) is 5.57. The van der Waals surface area contributed by atoms with Crippen LogP contribution in [0.5, 0.6) is 0 Å². The van der Waals surface area contributed by atoms with Crippen molar-refractivity contribution in [2.75, 3.05) is 0 Å². The van der Waals surface area contributed by atoms with Gasteiger partial charge in [-0.15, -0.1) is 4.20 Å². The molecule has 56 valence electrons. The zero-order valence-corrected chi connectivity index (χ0v) is 11.6. The predicted octanol–water partition coefficient (Wildman–Crippen LogP) is -0.699. The standard InChI is InChI=1S/C8H12S2.K/c9-8(10)7-4-5-1-2-6(7)3-5;/h5-7H,1-4H2,(H,9,10);/q;+1/p-1. The molecule has 0 aromatic rings. The van der Waals surface area contributed by atoms with Crippen LogP contribution in [0.15, 0.2) is 0 Å². The summed E-state index contributed by atoms with van der Waals surface area (Å²) >= 11 is 10.1. The molecule has 0 nitrogen and oxygen atoms in total. The summed E-state index contributed by atoms with van der Waals surface area (Å²) in [5.41, 5.74) is 0. The van der Waals surface area contributed by atoms with Crippen LogP contribution in [0.1, 0.15) is 25.7 Å². The van der Waals surface area contributed by atoms with E-state index < -0.39 is 0 Å². The summed E-state index contributed by atoms with van der Waals surface area (Å²) in [5.74, 6) is 2.51. The quantitative estimate of drug-likeness (QED) is 0.319. The largest absolute Gasteiger partial charge is 1.00 e. The summed E-state index contributed by atoms with van der Waals surface area (Å²) in [6, 6.07) is 0. The van der Waals surface area contributed by atoms with Crippen molar-refractivity contribution < 1.29 is 51.4 Å². The molecule has 2 bridgehead atoms. The van der Waals surface area contributed by atoms with Crippen LogP contribution in [0.3, 0.4) is 0 Å². The van der Waals surface area contributed by atoms with Crippen LogP contribution in [0.2, 0.25) is 0 Å². The van der Waals surface area contributed by atoms with Gasteiger partial charge in [0.1, 0.15) is 0 Å². The zero-order valence-electron chi connectivity index (χ0n) is 6.88. The molecular weight excluding hydrogens is 199 g/mol. The molecule has 0 spiro atoms. The Hall–Kier alpha value is 1.95. The van der Waals surface area contributed by atoms with Crippen molar-refractivity contribution in [1.82, 2.24) is 0 Å². The molecule has 0 N–H and O–H groups in total. The second-order valence-electron chi connectivity index (χ2n) is 3.60. The fourth-order valence-corrected chi connectivity index (χ4v) is 3.11. The first-order valence-corrected chi connectivity index (χ1v) is 4.80. The molecule has 2 rings (SSSR count). The van der Waals surface area contributed by atoms with Crippen LogP contribution in [-0.4, -0.2) is 4.20 Å². The molecule has 3 atom stereocenters. The smallest absolute Gasteiger partial charge is 0.433 e. The first kappa shape index (κ1) is 11.0. The molecule has 3 unspecified atom stereocenters. The number of hydrogen-bond donors (Lipinski definition) is 0. The van der Waals surface area contributed by atoms with Crippen molar-refractivity contribution >= 4 is 29.0 Å². The molecule has 3 heteroatoms. The van der Waals surface area contributed by atoms with Crippen molar-refractivity contribution in [1.29, 1.82) is 0 Å². The summed E-state index contributed by atoms with van der Waals surface area (Å²) in [7, 11) is 0. The van der Waals surface area contributed by atoms with Gasteiger partial charge in [-0.25, -0.2) is 0 Å². The second-order valence-corrected chi connectivity index (χ2v) is 4.74. The van der Waals surface area contributed by atoms with Crippen molar-refractivity contribution in [2.24, 2.45) is 17.8 Å². The van der Waals surface area contributed by atoms with E-state index in [0.29, 0.717) is 5.92 Å². The van der Waals surface area contributed by atoms with Crippen molar-refractivity contribution in [3.63, 3.8) is 0 Å². The summed E-state index contributed by atoms with van der Waals surface area (Å²) < 4.78 is 0.854. The van der Waals surface area contributed by atoms with Crippen LogP contribution in [0, 0.1) is 17.8 Å². The van der Waals surface area contributed by atoms with E-state index in [9.17, 15) is 0 Å². The second kappa shape index (κ2) is 4.44. The monoisotopic (exact) mass is 210 g/mol. The van der Waals surface area contributed by atoms with Gasteiger partial charge in [0.15, 0.2) is 0 Å². The van der Waals surface area contributed by atoms with Crippen molar-refractivity contribution in [2.45, 2.75) is 25.7 Å². The van der Waals surface area contributed by atoms with Crippen LogP contribution in [0.4, 0.5) is 0 Å². The molecular formula is C8H11KS2. The Morgan fingerprint density at radius 2 is 2.00 bits per heavy atom. The van der Waals surface area contributed by atoms with E-state index >= 15 is 0 Å². The molecule has 2 aliphatic rings. The molecule has 2 fully saturated rings. The molecule has 0 heterocycles. The zero-order chi connectivity index (χ0) is 7.14. The van der Waals surface area contributed by atoms with E-state index in [4.69, 9.17) is 24.8 Å². The van der Waals surface area contributed by atoms with Gasteiger partial charge in [0, 0.05) is 0 Å². The Morgan fingerprint density at radius 1 is 1.27 bits per heavy atom. The Labute approximate surface area is 122 Å². The number of thiocarbonyl (C=S) groups is 1. The predicted molar refractivity (Wildman–Crippen MR) is 48.9 cm³/mol. The summed E-state index contributed by atoms with van der Waals surface area (Å²) in [6.45, 7) is 0.